The quantitative estimate of drug-likeness (QED) is 0.0468. The van der Waals surface area contributed by atoms with E-state index < -0.39 is 84.4 Å². The van der Waals surface area contributed by atoms with Crippen LogP contribution in [0.2, 0.25) is 0 Å². The first-order valence-electron chi connectivity index (χ1n) is 22.0. The van der Waals surface area contributed by atoms with Gasteiger partial charge in [-0.1, -0.05) is 72.3 Å². The van der Waals surface area contributed by atoms with Crippen molar-refractivity contribution in [2.75, 3.05) is 13.1 Å². The smallest absolute Gasteiger partial charge is 0.407 e. The molecular weight excluding hydrogens is 897 g/mol. The predicted molar refractivity (Wildman–Crippen MR) is 249 cm³/mol. The number of carbonyl (C=O) groups is 5. The maximum Gasteiger partial charge on any atom is 0.407 e. The van der Waals surface area contributed by atoms with E-state index in [1.165, 1.54) is 53.5 Å². The first-order valence-corrected chi connectivity index (χ1v) is 23.4. The zero-order valence-electron chi connectivity index (χ0n) is 38.1. The number of benzene rings is 4. The number of carbonyl (C=O) groups excluding carboxylic acids is 5. The van der Waals surface area contributed by atoms with Gasteiger partial charge in [0.1, 0.15) is 21.7 Å². The average Bonchev–Trinajstić information content (AvgIpc) is 3.66. The summed E-state index contributed by atoms with van der Waals surface area (Å²) >= 11 is 0. The number of primary amides is 1. The standard InChI is InChI=1S/C48H56N8O11S/c1-30-13-23-36(24-14-30)68(65,66)41-38(33-10-6-5-7-11-33)54-27-25-48(50,28-31-17-21-35(22-18-31)56(63)64)45(61)55(54)39(41)43(59)53-37(12-8-9-26-51-46(62)67-47(2,3)4)40(57)44(60)52-29-32-15-19-34(20-16-32)42(49)58/h5-7,10-11,13-24,37-38,40,57H,8-9,12,25-29,50H2,1-4H3,(H2,49,58)(H,51,62)(H,52,60)(H,53,59)/t37-,38?,40?,48?/m0/s1. The number of non-ortho nitro benzene ring substituents is 1. The number of sulfone groups is 1. The second-order valence-electron chi connectivity index (χ2n) is 17.9. The van der Waals surface area contributed by atoms with Crippen LogP contribution in [0.5, 0.6) is 0 Å². The van der Waals surface area contributed by atoms with Crippen LogP contribution in [0.25, 0.3) is 0 Å². The van der Waals surface area contributed by atoms with Gasteiger partial charge in [-0.2, -0.15) is 0 Å². The van der Waals surface area contributed by atoms with Gasteiger partial charge in [-0.3, -0.25) is 29.3 Å². The molecule has 5 amide bonds. The molecule has 2 aliphatic heterocycles. The third-order valence-electron chi connectivity index (χ3n) is 11.6. The Morgan fingerprint density at radius 3 is 2.16 bits per heavy atom. The van der Waals surface area contributed by atoms with Crippen molar-refractivity contribution >= 4 is 45.2 Å². The monoisotopic (exact) mass is 952 g/mol. The minimum absolute atomic E-state index is 0.0144. The molecule has 2 heterocycles. The number of aryl methyl sites for hydroxylation is 1. The summed E-state index contributed by atoms with van der Waals surface area (Å²) in [6.07, 6.45) is -2.30. The number of ether oxygens (including phenoxy) is 1. The number of hydrogen-bond donors (Lipinski definition) is 6. The van der Waals surface area contributed by atoms with Gasteiger partial charge in [0.15, 0.2) is 6.10 Å². The number of alkyl carbamates (subject to hydrolysis) is 1. The summed E-state index contributed by atoms with van der Waals surface area (Å²) in [7, 11) is -4.65. The zero-order valence-corrected chi connectivity index (χ0v) is 39.0. The van der Waals surface area contributed by atoms with Gasteiger partial charge >= 0.3 is 6.09 Å². The second-order valence-corrected chi connectivity index (χ2v) is 19.8. The Hall–Kier alpha value is -7.00. The van der Waals surface area contributed by atoms with Gasteiger partial charge in [0, 0.05) is 37.3 Å². The molecule has 8 N–H and O–H groups in total. The number of aliphatic hydroxyl groups is 1. The number of nitrogens with one attached hydrogen (secondary N) is 3. The highest BCUT2D eigenvalue weighted by atomic mass is 32.2. The highest BCUT2D eigenvalue weighted by molar-refractivity contribution is 7.95. The number of rotatable bonds is 18. The molecule has 6 rings (SSSR count). The van der Waals surface area contributed by atoms with E-state index in [0.29, 0.717) is 23.1 Å². The highest BCUT2D eigenvalue weighted by Gasteiger charge is 2.57. The molecule has 1 fully saturated rings. The highest BCUT2D eigenvalue weighted by Crippen LogP contribution is 2.48. The van der Waals surface area contributed by atoms with Crippen molar-refractivity contribution in [1.29, 1.82) is 0 Å². The maximum absolute atomic E-state index is 15.2. The van der Waals surface area contributed by atoms with E-state index in [2.05, 4.69) is 16.0 Å². The fourth-order valence-corrected chi connectivity index (χ4v) is 9.78. The summed E-state index contributed by atoms with van der Waals surface area (Å²) in [5, 5.41) is 33.6. The Labute approximate surface area is 393 Å². The molecule has 1 saturated heterocycles. The number of hydrazine groups is 1. The van der Waals surface area contributed by atoms with Crippen molar-refractivity contribution in [2.45, 2.75) is 101 Å². The van der Waals surface area contributed by atoms with E-state index in [0.717, 1.165) is 10.6 Å². The van der Waals surface area contributed by atoms with Gasteiger partial charge in [0.05, 0.1) is 21.9 Å². The van der Waals surface area contributed by atoms with Gasteiger partial charge in [-0.15, -0.1) is 0 Å². The summed E-state index contributed by atoms with van der Waals surface area (Å²) in [5.74, 6) is -3.50. The van der Waals surface area contributed by atoms with Gasteiger partial charge in [0.2, 0.25) is 15.7 Å². The Kier molecular flexibility index (Phi) is 15.5. The summed E-state index contributed by atoms with van der Waals surface area (Å²) in [6.45, 7) is 6.93. The zero-order chi connectivity index (χ0) is 49.6. The van der Waals surface area contributed by atoms with E-state index in [-0.39, 0.29) is 61.5 Å². The van der Waals surface area contributed by atoms with Gasteiger partial charge < -0.3 is 37.3 Å². The molecule has 0 bridgehead atoms. The van der Waals surface area contributed by atoms with Crippen molar-refractivity contribution in [1.82, 2.24) is 26.0 Å². The van der Waals surface area contributed by atoms with Crippen molar-refractivity contribution in [3.63, 3.8) is 0 Å². The van der Waals surface area contributed by atoms with Gasteiger partial charge in [-0.25, -0.2) is 23.2 Å². The molecule has 0 radical (unpaired) electrons. The molecule has 3 unspecified atom stereocenters. The SMILES string of the molecule is Cc1ccc(S(=O)(=O)C2=C(C(=O)N[C@@H](CCCCNC(=O)OC(C)(C)C)C(O)C(=O)NCc3ccc(C(N)=O)cc3)N3C(=O)C(N)(Cc4ccc([N+](=O)[O-])cc4)CCN3C2c2ccccc2)cc1. The lowest BCUT2D eigenvalue weighted by molar-refractivity contribution is -0.384. The number of nitrogens with zero attached hydrogens (tertiary/aromatic N) is 3. The maximum atomic E-state index is 15.2. The number of unbranched alkanes of at least 4 members (excludes halogenated alkanes) is 1. The number of amides is 5. The summed E-state index contributed by atoms with van der Waals surface area (Å²) in [4.78, 5) is 78.2. The number of nitro groups is 1. The van der Waals surface area contributed by atoms with Crippen LogP contribution in [-0.2, 0) is 41.9 Å². The molecule has 0 aliphatic carbocycles. The van der Waals surface area contributed by atoms with E-state index in [1.54, 1.807) is 82.3 Å². The molecular formula is C48H56N8O11S. The third-order valence-corrected chi connectivity index (χ3v) is 13.4. The minimum atomic E-state index is -4.65. The molecule has 0 spiro atoms. The number of nitrogens with two attached hydrogens (primary N) is 2. The van der Waals surface area contributed by atoms with Crippen molar-refractivity contribution in [2.24, 2.45) is 11.5 Å². The number of aliphatic hydroxyl groups excluding tert-OH is 1. The largest absolute Gasteiger partial charge is 0.444 e. The molecule has 19 nitrogen and oxygen atoms in total. The Balaban J connectivity index is 1.40. The summed E-state index contributed by atoms with van der Waals surface area (Å²) in [6, 6.07) is 23.4. The van der Waals surface area contributed by atoms with Crippen LogP contribution in [0.4, 0.5) is 10.5 Å². The summed E-state index contributed by atoms with van der Waals surface area (Å²) < 4.78 is 35.6. The molecule has 4 aromatic rings. The average molecular weight is 953 g/mol. The van der Waals surface area contributed by atoms with E-state index >= 15 is 18.0 Å². The van der Waals surface area contributed by atoms with Crippen LogP contribution in [-0.4, -0.2) is 94.6 Å². The van der Waals surface area contributed by atoms with Crippen molar-refractivity contribution in [3.8, 4) is 0 Å². The van der Waals surface area contributed by atoms with Crippen molar-refractivity contribution < 1.29 is 47.2 Å². The van der Waals surface area contributed by atoms with Crippen molar-refractivity contribution in [3.05, 3.63) is 152 Å². The normalized spacial score (nSPS) is 18.3. The molecule has 20 heteroatoms. The molecule has 0 aromatic heterocycles. The molecule has 2 aliphatic rings. The van der Waals surface area contributed by atoms with Crippen LogP contribution in [0, 0.1) is 17.0 Å². The van der Waals surface area contributed by atoms with Gasteiger partial charge in [-0.05, 0) is 101 Å². The number of hydrogen-bond acceptors (Lipinski definition) is 13. The van der Waals surface area contributed by atoms with Crippen LogP contribution in [0.3, 0.4) is 0 Å². The lowest BCUT2D eigenvalue weighted by atomic mass is 9.85. The molecule has 68 heavy (non-hydrogen) atoms. The second kappa shape index (κ2) is 20.9. The van der Waals surface area contributed by atoms with E-state index in [9.17, 15) is 29.6 Å². The molecule has 360 valence electrons. The van der Waals surface area contributed by atoms with Crippen LogP contribution in [0.15, 0.2) is 119 Å². The van der Waals surface area contributed by atoms with Crippen LogP contribution >= 0.6 is 0 Å². The minimum Gasteiger partial charge on any atom is -0.444 e. The van der Waals surface area contributed by atoms with E-state index in [1.807, 2.05) is 0 Å². The first-order chi connectivity index (χ1) is 32.1. The molecule has 4 aromatic carbocycles. The fourth-order valence-electron chi connectivity index (χ4n) is 8.04. The van der Waals surface area contributed by atoms with E-state index in [4.69, 9.17) is 16.2 Å². The summed E-state index contributed by atoms with van der Waals surface area (Å²) in [5.41, 5.74) is 11.5. The predicted octanol–water partition coefficient (Wildman–Crippen LogP) is 3.99. The number of nitro benzene ring substituents is 1. The fraction of sp³-hybridized carbons (Fsp3) is 0.354. The lowest BCUT2D eigenvalue weighted by Gasteiger charge is -2.45. The Morgan fingerprint density at radius 2 is 1.56 bits per heavy atom. The van der Waals surface area contributed by atoms with Crippen LogP contribution < -0.4 is 27.4 Å². The van der Waals surface area contributed by atoms with Gasteiger partial charge in [0.25, 0.3) is 23.4 Å². The molecule has 0 saturated carbocycles. The lowest BCUT2D eigenvalue weighted by Crippen LogP contribution is -2.65. The van der Waals surface area contributed by atoms with Crippen LogP contribution in [0.1, 0.15) is 85.1 Å². The Morgan fingerprint density at radius 1 is 0.926 bits per heavy atom. The number of fused-ring (bicyclic) bond motifs is 1. The first kappa shape index (κ1) is 50.4. The molecule has 4 atom stereocenters. The third kappa shape index (κ3) is 11.7. The Bertz CT molecular complexity index is 2670. The topological polar surface area (TPSA) is 287 Å².